The number of hydrogen-bond acceptors (Lipinski definition) is 4. The number of nitrogens with one attached hydrogen (secondary N) is 1. The van der Waals surface area contributed by atoms with E-state index >= 15 is 0 Å². The number of rotatable bonds is 11. The number of benzene rings is 1. The van der Waals surface area contributed by atoms with Crippen molar-refractivity contribution in [3.05, 3.63) is 35.9 Å². The van der Waals surface area contributed by atoms with Gasteiger partial charge in [-0.1, -0.05) is 43.7 Å². The van der Waals surface area contributed by atoms with E-state index in [4.69, 9.17) is 4.74 Å². The van der Waals surface area contributed by atoms with E-state index in [0.717, 1.165) is 19.3 Å². The van der Waals surface area contributed by atoms with Gasteiger partial charge < -0.3 is 15.2 Å². The number of hydrogen-bond donors (Lipinski definition) is 2. The van der Waals surface area contributed by atoms with E-state index in [2.05, 4.69) is 29.3 Å². The Bertz CT molecular complexity index is 652. The number of carboxylic acid groups (broad SMARTS) is 1. The van der Waals surface area contributed by atoms with Gasteiger partial charge in [0.05, 0.1) is 6.61 Å². The first-order valence-corrected chi connectivity index (χ1v) is 10.7. The molecule has 1 aromatic carbocycles. The topological polar surface area (TPSA) is 78.9 Å². The maximum absolute atomic E-state index is 12.1. The molecule has 1 fully saturated rings. The molecule has 5 atom stereocenters. The predicted molar refractivity (Wildman–Crippen MR) is 114 cm³/mol. The summed E-state index contributed by atoms with van der Waals surface area (Å²) in [5.41, 5.74) is 1.19. The summed E-state index contributed by atoms with van der Waals surface area (Å²) in [6.45, 7) is 6.99. The summed E-state index contributed by atoms with van der Waals surface area (Å²) >= 11 is 0. The van der Waals surface area contributed by atoms with Crippen LogP contribution in [-0.4, -0.2) is 60.3 Å². The van der Waals surface area contributed by atoms with Crippen molar-refractivity contribution in [3.8, 4) is 0 Å². The van der Waals surface area contributed by atoms with E-state index in [0.29, 0.717) is 19.6 Å². The molecule has 3 unspecified atom stereocenters. The average molecular weight is 405 g/mol. The van der Waals surface area contributed by atoms with Crippen molar-refractivity contribution in [2.75, 3.05) is 20.3 Å². The second-order valence-electron chi connectivity index (χ2n) is 8.31. The number of aliphatic carboxylic acids is 1. The Morgan fingerprint density at radius 2 is 2.00 bits per heavy atom. The van der Waals surface area contributed by atoms with Gasteiger partial charge >= 0.3 is 5.97 Å². The van der Waals surface area contributed by atoms with Crippen molar-refractivity contribution in [2.45, 2.75) is 64.6 Å². The first-order chi connectivity index (χ1) is 13.9. The highest BCUT2D eigenvalue weighted by Crippen LogP contribution is 2.33. The molecule has 2 N–H and O–H groups in total. The molecule has 1 aliphatic heterocycles. The minimum Gasteiger partial charge on any atom is -0.480 e. The van der Waals surface area contributed by atoms with Crippen molar-refractivity contribution in [2.24, 2.45) is 11.8 Å². The molecule has 0 spiro atoms. The molecular formula is C23H36N2O4. The zero-order chi connectivity index (χ0) is 21.4. The Labute approximate surface area is 174 Å². The van der Waals surface area contributed by atoms with Crippen LogP contribution in [0.1, 0.15) is 45.6 Å². The number of carbonyl (C=O) groups is 2. The third kappa shape index (κ3) is 6.54. The van der Waals surface area contributed by atoms with Crippen LogP contribution in [0.3, 0.4) is 0 Å². The van der Waals surface area contributed by atoms with Crippen LogP contribution in [0.4, 0.5) is 0 Å². The van der Waals surface area contributed by atoms with Crippen LogP contribution in [0, 0.1) is 11.8 Å². The van der Waals surface area contributed by atoms with Crippen molar-refractivity contribution >= 4 is 11.9 Å². The maximum Gasteiger partial charge on any atom is 0.320 e. The SMILES string of the molecule is CCC[C@@H](C(C)NC(C)=O)[C@H](Cc1ccccc1)N1CC(COC)CC1C(=O)O. The van der Waals surface area contributed by atoms with Crippen molar-refractivity contribution in [3.63, 3.8) is 0 Å². The van der Waals surface area contributed by atoms with E-state index in [9.17, 15) is 14.7 Å². The fourth-order valence-electron chi connectivity index (χ4n) is 4.82. The minimum atomic E-state index is -0.774. The van der Waals surface area contributed by atoms with Gasteiger partial charge in [0.1, 0.15) is 6.04 Å². The third-order valence-corrected chi connectivity index (χ3v) is 6.02. The summed E-state index contributed by atoms with van der Waals surface area (Å²) in [7, 11) is 1.67. The number of amides is 1. The van der Waals surface area contributed by atoms with E-state index in [1.807, 2.05) is 25.1 Å². The zero-order valence-corrected chi connectivity index (χ0v) is 18.1. The highest BCUT2D eigenvalue weighted by Gasteiger charge is 2.43. The van der Waals surface area contributed by atoms with Crippen LogP contribution in [0.2, 0.25) is 0 Å². The molecule has 0 bridgehead atoms. The van der Waals surface area contributed by atoms with Gasteiger partial charge in [-0.25, -0.2) is 0 Å². The quantitative estimate of drug-likeness (QED) is 0.593. The Kier molecular flexibility index (Phi) is 9.11. The number of nitrogens with zero attached hydrogens (tertiary/aromatic N) is 1. The smallest absolute Gasteiger partial charge is 0.320 e. The number of carbonyl (C=O) groups excluding carboxylic acids is 1. The number of carboxylic acids is 1. The van der Waals surface area contributed by atoms with Crippen LogP contribution in [-0.2, 0) is 20.7 Å². The van der Waals surface area contributed by atoms with Crippen LogP contribution in [0.25, 0.3) is 0 Å². The lowest BCUT2D eigenvalue weighted by Gasteiger charge is -2.40. The summed E-state index contributed by atoms with van der Waals surface area (Å²) < 4.78 is 5.33. The molecule has 29 heavy (non-hydrogen) atoms. The van der Waals surface area contributed by atoms with Gasteiger partial charge in [0, 0.05) is 32.7 Å². The van der Waals surface area contributed by atoms with Crippen molar-refractivity contribution < 1.29 is 19.4 Å². The lowest BCUT2D eigenvalue weighted by atomic mass is 9.83. The first kappa shape index (κ1) is 23.4. The van der Waals surface area contributed by atoms with Gasteiger partial charge in [0.2, 0.25) is 5.91 Å². The molecule has 0 saturated carbocycles. The van der Waals surface area contributed by atoms with E-state index < -0.39 is 12.0 Å². The molecule has 0 aliphatic carbocycles. The molecule has 162 valence electrons. The average Bonchev–Trinajstić information content (AvgIpc) is 3.09. The zero-order valence-electron chi connectivity index (χ0n) is 18.1. The fourth-order valence-corrected chi connectivity index (χ4v) is 4.82. The van der Waals surface area contributed by atoms with Crippen LogP contribution >= 0.6 is 0 Å². The molecule has 0 aromatic heterocycles. The number of ether oxygens (including phenoxy) is 1. The Balaban J connectivity index is 2.38. The van der Waals surface area contributed by atoms with Gasteiger partial charge in [-0.3, -0.25) is 14.5 Å². The van der Waals surface area contributed by atoms with E-state index in [1.54, 1.807) is 7.11 Å². The van der Waals surface area contributed by atoms with Gasteiger partial charge in [-0.2, -0.15) is 0 Å². The predicted octanol–water partition coefficient (Wildman–Crippen LogP) is 2.96. The van der Waals surface area contributed by atoms with Crippen LogP contribution in [0.15, 0.2) is 30.3 Å². The fraction of sp³-hybridized carbons (Fsp3) is 0.652. The molecule has 1 aliphatic rings. The summed E-state index contributed by atoms with van der Waals surface area (Å²) in [5, 5.41) is 13.0. The molecule has 1 saturated heterocycles. The molecule has 6 nitrogen and oxygen atoms in total. The first-order valence-electron chi connectivity index (χ1n) is 10.7. The molecule has 0 radical (unpaired) electrons. The van der Waals surface area contributed by atoms with Gasteiger partial charge in [-0.15, -0.1) is 0 Å². The lowest BCUT2D eigenvalue weighted by molar-refractivity contribution is -0.143. The number of likely N-dealkylation sites (tertiary alicyclic amines) is 1. The standard InChI is InChI=1S/C23H36N2O4/c1-5-9-20(16(2)24-17(3)26)21(12-18-10-7-6-8-11-18)25-14-19(15-29-4)13-22(25)23(27)28/h6-8,10-11,16,19-22H,5,9,12-15H2,1-4H3,(H,24,26)(H,27,28)/t16?,19?,20-,21-,22?/m0/s1. The third-order valence-electron chi connectivity index (χ3n) is 6.02. The normalized spacial score (nSPS) is 22.8. The van der Waals surface area contributed by atoms with Gasteiger partial charge in [-0.05, 0) is 43.6 Å². The molecule has 1 heterocycles. The Morgan fingerprint density at radius 3 is 2.55 bits per heavy atom. The summed E-state index contributed by atoms with van der Waals surface area (Å²) in [5.74, 6) is -0.459. The lowest BCUT2D eigenvalue weighted by Crippen LogP contribution is -2.53. The van der Waals surface area contributed by atoms with E-state index in [-0.39, 0.29) is 29.8 Å². The highest BCUT2D eigenvalue weighted by molar-refractivity contribution is 5.74. The van der Waals surface area contributed by atoms with E-state index in [1.165, 1.54) is 12.5 Å². The minimum absolute atomic E-state index is 0.0298. The molecule has 6 heteroatoms. The molecule has 1 aromatic rings. The Hall–Kier alpha value is -1.92. The van der Waals surface area contributed by atoms with Crippen molar-refractivity contribution in [1.82, 2.24) is 10.2 Å². The summed E-state index contributed by atoms with van der Waals surface area (Å²) in [4.78, 5) is 26.0. The second kappa shape index (κ2) is 11.3. The maximum atomic E-state index is 12.1. The number of methoxy groups -OCH3 is 1. The van der Waals surface area contributed by atoms with Gasteiger partial charge in [0.15, 0.2) is 0 Å². The molecule has 2 rings (SSSR count). The molecular weight excluding hydrogens is 368 g/mol. The summed E-state index contributed by atoms with van der Waals surface area (Å²) in [6.07, 6.45) is 3.27. The highest BCUT2D eigenvalue weighted by atomic mass is 16.5. The van der Waals surface area contributed by atoms with Crippen molar-refractivity contribution in [1.29, 1.82) is 0 Å². The van der Waals surface area contributed by atoms with Crippen LogP contribution < -0.4 is 5.32 Å². The molecule has 1 amide bonds. The van der Waals surface area contributed by atoms with Gasteiger partial charge in [0.25, 0.3) is 0 Å². The Morgan fingerprint density at radius 1 is 1.31 bits per heavy atom. The summed E-state index contributed by atoms with van der Waals surface area (Å²) in [6, 6.07) is 9.70. The second-order valence-corrected chi connectivity index (χ2v) is 8.31. The largest absolute Gasteiger partial charge is 0.480 e. The monoisotopic (exact) mass is 404 g/mol. The van der Waals surface area contributed by atoms with Crippen LogP contribution in [0.5, 0.6) is 0 Å².